The Morgan fingerprint density at radius 1 is 0.950 bits per heavy atom. The van der Waals surface area contributed by atoms with E-state index in [4.69, 9.17) is 5.73 Å². The van der Waals surface area contributed by atoms with Crippen LogP contribution in [-0.2, 0) is 0 Å². The minimum Gasteiger partial charge on any atom is -0.364 e. The van der Waals surface area contributed by atoms with Crippen molar-refractivity contribution in [3.05, 3.63) is 72.6 Å². The van der Waals surface area contributed by atoms with Crippen LogP contribution in [0.5, 0.6) is 0 Å². The Kier molecular flexibility index (Phi) is 3.05. The first-order valence-corrected chi connectivity index (χ1v) is 6.26. The van der Waals surface area contributed by atoms with Crippen LogP contribution in [0, 0.1) is 0 Å². The second-order valence-corrected chi connectivity index (χ2v) is 4.39. The van der Waals surface area contributed by atoms with Gasteiger partial charge in [-0.2, -0.15) is 0 Å². The maximum atomic E-state index is 11.4. The van der Waals surface area contributed by atoms with Crippen molar-refractivity contribution in [3.8, 4) is 17.1 Å². The molecule has 0 spiro atoms. The van der Waals surface area contributed by atoms with Crippen molar-refractivity contribution in [1.82, 2.24) is 9.55 Å². The van der Waals surface area contributed by atoms with E-state index in [2.05, 4.69) is 4.98 Å². The van der Waals surface area contributed by atoms with Crippen molar-refractivity contribution in [2.24, 2.45) is 5.73 Å². The van der Waals surface area contributed by atoms with Crippen LogP contribution >= 0.6 is 0 Å². The van der Waals surface area contributed by atoms with E-state index in [1.807, 2.05) is 65.2 Å². The average molecular weight is 263 g/mol. The number of hydrogen-bond acceptors (Lipinski definition) is 2. The third-order valence-corrected chi connectivity index (χ3v) is 3.02. The lowest BCUT2D eigenvalue weighted by Gasteiger charge is -2.07. The number of rotatable bonds is 3. The number of nitrogens with two attached hydrogens (primary N) is 1. The van der Waals surface area contributed by atoms with Gasteiger partial charge in [0, 0.05) is 17.4 Å². The monoisotopic (exact) mass is 263 g/mol. The summed E-state index contributed by atoms with van der Waals surface area (Å²) in [5.74, 6) is 0.169. The molecule has 0 aliphatic carbocycles. The van der Waals surface area contributed by atoms with Crippen LogP contribution in [0.3, 0.4) is 0 Å². The minimum atomic E-state index is -0.531. The van der Waals surface area contributed by atoms with E-state index in [0.29, 0.717) is 5.82 Å². The molecule has 0 fully saturated rings. The Labute approximate surface area is 116 Å². The topological polar surface area (TPSA) is 60.9 Å². The molecule has 0 aliphatic heterocycles. The highest BCUT2D eigenvalue weighted by Gasteiger charge is 2.14. The molecule has 0 radical (unpaired) electrons. The molecule has 0 atom stereocenters. The molecule has 3 aromatic rings. The summed E-state index contributed by atoms with van der Waals surface area (Å²) in [6.45, 7) is 0. The first-order chi connectivity index (χ1) is 9.75. The van der Waals surface area contributed by atoms with Crippen molar-refractivity contribution in [2.45, 2.75) is 0 Å². The summed E-state index contributed by atoms with van der Waals surface area (Å²) in [6.07, 6.45) is 1.67. The Hall–Kier alpha value is -2.88. The van der Waals surface area contributed by atoms with Crippen LogP contribution in [0.2, 0.25) is 0 Å². The number of aromatic nitrogens is 2. The fourth-order valence-electron chi connectivity index (χ4n) is 2.08. The van der Waals surface area contributed by atoms with Gasteiger partial charge in [-0.3, -0.25) is 9.36 Å². The second-order valence-electron chi connectivity index (χ2n) is 4.39. The second kappa shape index (κ2) is 5.01. The SMILES string of the molecule is NC(=O)c1cn(-c2ccccc2)c(-c2ccccc2)n1. The molecule has 20 heavy (non-hydrogen) atoms. The van der Waals surface area contributed by atoms with Crippen LogP contribution in [0.1, 0.15) is 10.5 Å². The summed E-state index contributed by atoms with van der Waals surface area (Å²) < 4.78 is 1.87. The van der Waals surface area contributed by atoms with E-state index < -0.39 is 5.91 Å². The summed E-state index contributed by atoms with van der Waals surface area (Å²) in [5, 5.41) is 0. The first kappa shape index (κ1) is 12.2. The zero-order valence-corrected chi connectivity index (χ0v) is 10.7. The van der Waals surface area contributed by atoms with E-state index in [9.17, 15) is 4.79 Å². The Balaban J connectivity index is 2.20. The van der Waals surface area contributed by atoms with Crippen LogP contribution < -0.4 is 5.73 Å². The highest BCUT2D eigenvalue weighted by molar-refractivity contribution is 5.91. The predicted molar refractivity (Wildman–Crippen MR) is 77.5 cm³/mol. The van der Waals surface area contributed by atoms with Crippen molar-refractivity contribution in [2.75, 3.05) is 0 Å². The molecule has 98 valence electrons. The van der Waals surface area contributed by atoms with Gasteiger partial charge >= 0.3 is 0 Å². The predicted octanol–water partition coefficient (Wildman–Crippen LogP) is 2.64. The van der Waals surface area contributed by atoms with Gasteiger partial charge in [0.2, 0.25) is 0 Å². The zero-order chi connectivity index (χ0) is 13.9. The number of para-hydroxylation sites is 1. The number of hydrogen-bond donors (Lipinski definition) is 1. The molecule has 0 unspecified atom stereocenters. The summed E-state index contributed by atoms with van der Waals surface area (Å²) in [7, 11) is 0. The number of amides is 1. The first-order valence-electron chi connectivity index (χ1n) is 6.26. The van der Waals surface area contributed by atoms with Crippen LogP contribution in [-0.4, -0.2) is 15.5 Å². The number of primary amides is 1. The molecule has 4 heteroatoms. The molecular weight excluding hydrogens is 250 g/mol. The van der Waals surface area contributed by atoms with Gasteiger partial charge in [0.1, 0.15) is 11.5 Å². The molecule has 2 N–H and O–H groups in total. The quantitative estimate of drug-likeness (QED) is 0.789. The highest BCUT2D eigenvalue weighted by atomic mass is 16.1. The number of carbonyl (C=O) groups is 1. The van der Waals surface area contributed by atoms with E-state index in [1.54, 1.807) is 6.20 Å². The highest BCUT2D eigenvalue weighted by Crippen LogP contribution is 2.22. The summed E-state index contributed by atoms with van der Waals surface area (Å²) in [4.78, 5) is 15.7. The molecule has 1 aromatic heterocycles. The van der Waals surface area contributed by atoms with Crippen LogP contribution in [0.25, 0.3) is 17.1 Å². The lowest BCUT2D eigenvalue weighted by Crippen LogP contribution is -2.11. The standard InChI is InChI=1S/C16H13N3O/c17-15(20)14-11-19(13-9-5-2-6-10-13)16(18-14)12-7-3-1-4-8-12/h1-11H,(H2,17,20). The Bertz CT molecular complexity index is 676. The van der Waals surface area contributed by atoms with Gasteiger partial charge < -0.3 is 5.73 Å². The summed E-state index contributed by atoms with van der Waals surface area (Å²) >= 11 is 0. The lowest BCUT2D eigenvalue weighted by molar-refractivity contribution is 0.0996. The molecular formula is C16H13N3O. The third kappa shape index (κ3) is 2.19. The van der Waals surface area contributed by atoms with Gasteiger partial charge in [-0.15, -0.1) is 0 Å². The summed E-state index contributed by atoms with van der Waals surface area (Å²) in [6, 6.07) is 19.4. The molecule has 1 amide bonds. The van der Waals surface area contributed by atoms with E-state index >= 15 is 0 Å². The number of imidazole rings is 1. The molecule has 4 nitrogen and oxygen atoms in total. The Morgan fingerprint density at radius 3 is 2.15 bits per heavy atom. The normalized spacial score (nSPS) is 10.4. The molecule has 2 aromatic carbocycles. The molecule has 0 aliphatic rings. The van der Waals surface area contributed by atoms with E-state index in [0.717, 1.165) is 11.3 Å². The average Bonchev–Trinajstić information content (AvgIpc) is 2.94. The largest absolute Gasteiger partial charge is 0.364 e. The number of carbonyl (C=O) groups excluding carboxylic acids is 1. The van der Waals surface area contributed by atoms with Gasteiger partial charge in [-0.1, -0.05) is 48.5 Å². The van der Waals surface area contributed by atoms with Crippen LogP contribution in [0.4, 0.5) is 0 Å². The number of nitrogens with zero attached hydrogens (tertiary/aromatic N) is 2. The molecule has 1 heterocycles. The van der Waals surface area contributed by atoms with Gasteiger partial charge in [-0.05, 0) is 12.1 Å². The van der Waals surface area contributed by atoms with Crippen molar-refractivity contribution in [3.63, 3.8) is 0 Å². The molecule has 0 saturated heterocycles. The van der Waals surface area contributed by atoms with E-state index in [-0.39, 0.29) is 5.69 Å². The lowest BCUT2D eigenvalue weighted by atomic mass is 10.2. The third-order valence-electron chi connectivity index (χ3n) is 3.02. The Morgan fingerprint density at radius 2 is 1.55 bits per heavy atom. The van der Waals surface area contributed by atoms with E-state index in [1.165, 1.54) is 0 Å². The van der Waals surface area contributed by atoms with Gasteiger partial charge in [0.05, 0.1) is 0 Å². The van der Waals surface area contributed by atoms with Crippen molar-refractivity contribution in [1.29, 1.82) is 0 Å². The minimum absolute atomic E-state index is 0.257. The molecule has 0 bridgehead atoms. The number of benzene rings is 2. The fourth-order valence-corrected chi connectivity index (χ4v) is 2.08. The fraction of sp³-hybridized carbons (Fsp3) is 0. The van der Waals surface area contributed by atoms with Gasteiger partial charge in [-0.25, -0.2) is 4.98 Å². The smallest absolute Gasteiger partial charge is 0.268 e. The maximum Gasteiger partial charge on any atom is 0.268 e. The van der Waals surface area contributed by atoms with Crippen molar-refractivity contribution < 1.29 is 4.79 Å². The zero-order valence-electron chi connectivity index (χ0n) is 10.7. The maximum absolute atomic E-state index is 11.4. The van der Waals surface area contributed by atoms with Crippen molar-refractivity contribution >= 4 is 5.91 Å². The van der Waals surface area contributed by atoms with Gasteiger partial charge in [0.15, 0.2) is 0 Å². The van der Waals surface area contributed by atoms with Crippen LogP contribution in [0.15, 0.2) is 66.9 Å². The summed E-state index contributed by atoms with van der Waals surface area (Å²) in [5.41, 5.74) is 7.47. The van der Waals surface area contributed by atoms with Gasteiger partial charge in [0.25, 0.3) is 5.91 Å². The molecule has 0 saturated carbocycles. The molecule has 3 rings (SSSR count).